The molecule has 1 heterocycles. The Hall–Kier alpha value is -1.41. The van der Waals surface area contributed by atoms with Crippen LogP contribution in [0.15, 0.2) is 0 Å². The molecule has 1 saturated heterocycles. The highest BCUT2D eigenvalue weighted by Crippen LogP contribution is 2.41. The highest BCUT2D eigenvalue weighted by Gasteiger charge is 2.50. The normalized spacial score (nSPS) is 19.2. The number of hydrogen-bond acceptors (Lipinski definition) is 6. The van der Waals surface area contributed by atoms with E-state index in [9.17, 15) is 19.2 Å². The molecule has 7 nitrogen and oxygen atoms in total. The van der Waals surface area contributed by atoms with Crippen LogP contribution in [0.5, 0.6) is 0 Å². The number of imide groups is 1. The van der Waals surface area contributed by atoms with Gasteiger partial charge >= 0.3 is 0 Å². The second-order valence-electron chi connectivity index (χ2n) is 13.8. The molecule has 0 spiro atoms. The van der Waals surface area contributed by atoms with Crippen molar-refractivity contribution in [1.29, 1.82) is 0 Å². The summed E-state index contributed by atoms with van der Waals surface area (Å²) in [5.74, 6) is -0.491. The maximum absolute atomic E-state index is 13.4. The fourth-order valence-corrected chi connectivity index (χ4v) is 7.48. The van der Waals surface area contributed by atoms with Crippen LogP contribution in [0.3, 0.4) is 0 Å². The summed E-state index contributed by atoms with van der Waals surface area (Å²) in [5, 5.41) is 5.67. The van der Waals surface area contributed by atoms with Crippen LogP contribution in [-0.2, 0) is 19.2 Å². The first-order valence-electron chi connectivity index (χ1n) is 12.5. The van der Waals surface area contributed by atoms with Gasteiger partial charge in [-0.3, -0.25) is 24.1 Å². The molecule has 3 amide bonds. The number of likely N-dealkylation sites (tertiary alicyclic amines) is 1. The molecule has 8 heteroatoms. The van der Waals surface area contributed by atoms with Crippen molar-refractivity contribution in [3.05, 3.63) is 0 Å². The molecule has 0 bridgehead atoms. The summed E-state index contributed by atoms with van der Waals surface area (Å²) in [6, 6.07) is -0.428. The Kier molecular flexibility index (Phi) is 9.51. The number of likely N-dealkylation sites (N-methyl/N-ethyl adjacent to an activating group) is 1. The summed E-state index contributed by atoms with van der Waals surface area (Å²) < 4.78 is -0.562. The maximum Gasteiger partial charge on any atom is 0.243 e. The van der Waals surface area contributed by atoms with Crippen molar-refractivity contribution in [2.75, 3.05) is 7.05 Å². The van der Waals surface area contributed by atoms with Crippen LogP contribution in [0.25, 0.3) is 0 Å². The Morgan fingerprint density at radius 2 is 1.49 bits per heavy atom. The summed E-state index contributed by atoms with van der Waals surface area (Å²) in [5.41, 5.74) is -1.96. The van der Waals surface area contributed by atoms with Gasteiger partial charge in [0.05, 0.1) is 11.3 Å². The minimum atomic E-state index is -0.790. The molecule has 1 aliphatic heterocycles. The largest absolute Gasteiger partial charge is 0.351 e. The van der Waals surface area contributed by atoms with Crippen molar-refractivity contribution >= 4 is 35.3 Å². The van der Waals surface area contributed by atoms with Gasteiger partial charge < -0.3 is 10.6 Å². The van der Waals surface area contributed by atoms with Gasteiger partial charge in [0, 0.05) is 27.7 Å². The number of carbonyl (C=O) groups excluding carboxylic acids is 4. The molecule has 0 radical (unpaired) electrons. The van der Waals surface area contributed by atoms with E-state index in [1.165, 1.54) is 23.6 Å². The smallest absolute Gasteiger partial charge is 0.243 e. The minimum absolute atomic E-state index is 0.00773. The Morgan fingerprint density at radius 3 is 1.91 bits per heavy atom. The predicted molar refractivity (Wildman–Crippen MR) is 144 cm³/mol. The molecular weight excluding hydrogens is 462 g/mol. The zero-order valence-electron chi connectivity index (χ0n) is 24.3. The van der Waals surface area contributed by atoms with Crippen LogP contribution < -0.4 is 10.6 Å². The van der Waals surface area contributed by atoms with Crippen molar-refractivity contribution in [2.24, 2.45) is 10.8 Å². The molecule has 0 aromatic carbocycles. The number of thioether (sulfide) groups is 1. The molecule has 1 rings (SSSR count). The van der Waals surface area contributed by atoms with Gasteiger partial charge in [0.15, 0.2) is 0 Å². The number of nitrogens with one attached hydrogen (secondary N) is 2. The average molecular weight is 512 g/mol. The Morgan fingerprint density at radius 1 is 0.971 bits per heavy atom. The van der Waals surface area contributed by atoms with Crippen molar-refractivity contribution in [1.82, 2.24) is 15.5 Å². The van der Waals surface area contributed by atoms with Gasteiger partial charge in [0.2, 0.25) is 17.7 Å². The Balaban J connectivity index is 3.02. The van der Waals surface area contributed by atoms with Crippen molar-refractivity contribution in [3.63, 3.8) is 0 Å². The average Bonchev–Trinajstić information content (AvgIpc) is 2.84. The fourth-order valence-electron chi connectivity index (χ4n) is 5.89. The molecule has 1 aliphatic rings. The van der Waals surface area contributed by atoms with E-state index in [0.29, 0.717) is 6.42 Å². The molecule has 1 unspecified atom stereocenters. The predicted octanol–water partition coefficient (Wildman–Crippen LogP) is 4.33. The SMILES string of the molecule is CN[C@H](C(C)=O)C(C)(C)SC1CC(=O)N(C(C)(C)CC(C)(C)NC(=O)C(C)(C)CC(C)(C)C)C1=O. The van der Waals surface area contributed by atoms with E-state index in [1.54, 1.807) is 7.05 Å². The number of nitrogens with zero attached hydrogens (tertiary/aromatic N) is 1. The number of rotatable bonds is 11. The summed E-state index contributed by atoms with van der Waals surface area (Å²) in [4.78, 5) is 53.1. The lowest BCUT2D eigenvalue weighted by Crippen LogP contribution is -2.57. The highest BCUT2D eigenvalue weighted by molar-refractivity contribution is 8.02. The lowest BCUT2D eigenvalue weighted by atomic mass is 9.75. The first-order chi connectivity index (χ1) is 15.5. The summed E-state index contributed by atoms with van der Waals surface area (Å²) in [6.07, 6.45) is 1.26. The molecule has 1 fully saturated rings. The molecule has 0 saturated carbocycles. The maximum atomic E-state index is 13.4. The quantitative estimate of drug-likeness (QED) is 0.401. The number of hydrogen-bond donors (Lipinski definition) is 2. The lowest BCUT2D eigenvalue weighted by molar-refractivity contribution is -0.145. The number of Topliss-reactive ketones (excluding diaryl/α,β-unsaturated/α-hetero) is 1. The fraction of sp³-hybridized carbons (Fsp3) is 0.852. The van der Waals surface area contributed by atoms with Gasteiger partial charge in [-0.2, -0.15) is 0 Å². The van der Waals surface area contributed by atoms with E-state index in [2.05, 4.69) is 31.4 Å². The van der Waals surface area contributed by atoms with E-state index in [-0.39, 0.29) is 35.3 Å². The van der Waals surface area contributed by atoms with Crippen LogP contribution in [0.1, 0.15) is 102 Å². The van der Waals surface area contributed by atoms with Gasteiger partial charge in [-0.1, -0.05) is 34.6 Å². The first-order valence-corrected chi connectivity index (χ1v) is 13.4. The van der Waals surface area contributed by atoms with Gasteiger partial charge in [0.1, 0.15) is 5.78 Å². The van der Waals surface area contributed by atoms with Gasteiger partial charge in [-0.25, -0.2) is 0 Å². The van der Waals surface area contributed by atoms with Crippen LogP contribution in [0.2, 0.25) is 0 Å². The van der Waals surface area contributed by atoms with Crippen molar-refractivity contribution < 1.29 is 19.2 Å². The van der Waals surface area contributed by atoms with Crippen LogP contribution >= 0.6 is 11.8 Å². The van der Waals surface area contributed by atoms with E-state index in [4.69, 9.17) is 0 Å². The van der Waals surface area contributed by atoms with Gasteiger partial charge in [-0.15, -0.1) is 11.8 Å². The zero-order chi connectivity index (χ0) is 27.8. The lowest BCUT2D eigenvalue weighted by Gasteiger charge is -2.42. The summed E-state index contributed by atoms with van der Waals surface area (Å²) in [6.45, 7) is 23.2. The van der Waals surface area contributed by atoms with Gasteiger partial charge in [-0.05, 0) is 73.8 Å². The second kappa shape index (κ2) is 10.5. The minimum Gasteiger partial charge on any atom is -0.351 e. The summed E-state index contributed by atoms with van der Waals surface area (Å²) in [7, 11) is 1.73. The molecule has 0 aliphatic carbocycles. The third-order valence-electron chi connectivity index (χ3n) is 6.46. The van der Waals surface area contributed by atoms with Crippen molar-refractivity contribution in [3.8, 4) is 0 Å². The van der Waals surface area contributed by atoms with E-state index in [0.717, 1.165) is 6.42 Å². The molecule has 0 aromatic heterocycles. The third kappa shape index (κ3) is 8.31. The van der Waals surface area contributed by atoms with E-state index >= 15 is 0 Å². The molecule has 2 atom stereocenters. The standard InChI is InChI=1S/C27H49N3O4S/c1-17(31)20(28-13)27(11,12)35-18-14-19(32)30(21(18)33)26(9,10)16-25(7,8)29-22(34)24(5,6)15-23(2,3)4/h18,20,28H,14-16H2,1-13H3,(H,29,34)/t18?,20-/m1/s1. The topological polar surface area (TPSA) is 95.6 Å². The Bertz CT molecular complexity index is 840. The molecule has 0 aromatic rings. The van der Waals surface area contributed by atoms with E-state index in [1.807, 2.05) is 55.4 Å². The van der Waals surface area contributed by atoms with E-state index < -0.39 is 32.5 Å². The molecule has 35 heavy (non-hydrogen) atoms. The monoisotopic (exact) mass is 511 g/mol. The molecular formula is C27H49N3O4S. The number of amides is 3. The third-order valence-corrected chi connectivity index (χ3v) is 7.96. The van der Waals surface area contributed by atoms with Crippen LogP contribution in [-0.4, -0.2) is 62.6 Å². The molecule has 202 valence electrons. The summed E-state index contributed by atoms with van der Waals surface area (Å²) >= 11 is 1.37. The van der Waals surface area contributed by atoms with Crippen LogP contribution in [0, 0.1) is 10.8 Å². The van der Waals surface area contributed by atoms with Crippen molar-refractivity contribution in [2.45, 2.75) is 129 Å². The number of carbonyl (C=O) groups is 4. The molecule has 2 N–H and O–H groups in total. The highest BCUT2D eigenvalue weighted by atomic mass is 32.2. The number of ketones is 1. The second-order valence-corrected chi connectivity index (χ2v) is 15.6. The Labute approximate surface area is 217 Å². The van der Waals surface area contributed by atoms with Gasteiger partial charge in [0.25, 0.3) is 0 Å². The van der Waals surface area contributed by atoms with Crippen LogP contribution in [0.4, 0.5) is 0 Å². The first kappa shape index (κ1) is 31.6. The zero-order valence-corrected chi connectivity index (χ0v) is 25.1.